The molecule has 0 aromatic heterocycles. The minimum atomic E-state index is -0.380. The number of esters is 3. The Labute approximate surface area is 203 Å². The smallest absolute Gasteiger partial charge is 0.333 e. The van der Waals surface area contributed by atoms with Gasteiger partial charge in [0.2, 0.25) is 0 Å². The SMILES string of the molecule is C=C(C)C(=O)OCCCCOC(=O)C1CCC(C2CCC(C(=O)Oc3ccccc3)CC2)CC1. The summed E-state index contributed by atoms with van der Waals surface area (Å²) in [4.78, 5) is 36.2. The van der Waals surface area contributed by atoms with Gasteiger partial charge in [-0.15, -0.1) is 0 Å². The summed E-state index contributed by atoms with van der Waals surface area (Å²) in [6.07, 6.45) is 9.13. The molecule has 2 saturated carbocycles. The Morgan fingerprint density at radius 3 is 1.79 bits per heavy atom. The molecule has 186 valence electrons. The first-order valence-electron chi connectivity index (χ1n) is 12.7. The second kappa shape index (κ2) is 13.3. The number of carbonyl (C=O) groups is 3. The van der Waals surface area contributed by atoms with Gasteiger partial charge in [-0.1, -0.05) is 24.8 Å². The van der Waals surface area contributed by atoms with E-state index >= 15 is 0 Å². The molecule has 34 heavy (non-hydrogen) atoms. The van der Waals surface area contributed by atoms with E-state index in [-0.39, 0.29) is 29.7 Å². The molecule has 6 heteroatoms. The molecule has 0 heterocycles. The van der Waals surface area contributed by atoms with E-state index in [4.69, 9.17) is 14.2 Å². The Morgan fingerprint density at radius 2 is 1.26 bits per heavy atom. The Morgan fingerprint density at radius 1 is 0.765 bits per heavy atom. The average molecular weight is 471 g/mol. The lowest BCUT2D eigenvalue weighted by molar-refractivity contribution is -0.151. The zero-order valence-electron chi connectivity index (χ0n) is 20.3. The van der Waals surface area contributed by atoms with Crippen molar-refractivity contribution >= 4 is 17.9 Å². The van der Waals surface area contributed by atoms with Crippen LogP contribution in [-0.4, -0.2) is 31.1 Å². The van der Waals surface area contributed by atoms with Gasteiger partial charge < -0.3 is 14.2 Å². The topological polar surface area (TPSA) is 78.9 Å². The Bertz CT molecular complexity index is 817. The van der Waals surface area contributed by atoms with Gasteiger partial charge in [0.05, 0.1) is 25.0 Å². The standard InChI is InChI=1S/C28H38O6/c1-20(2)26(29)32-18-6-7-19-33-27(30)23-14-10-21(11-15-23)22-12-16-24(17-13-22)28(31)34-25-8-4-3-5-9-25/h3-5,8-9,21-24H,1,6-7,10-19H2,2H3. The van der Waals surface area contributed by atoms with Gasteiger partial charge in [0.25, 0.3) is 0 Å². The largest absolute Gasteiger partial charge is 0.465 e. The fourth-order valence-corrected chi connectivity index (χ4v) is 5.12. The summed E-state index contributed by atoms with van der Waals surface area (Å²) in [7, 11) is 0. The van der Waals surface area contributed by atoms with Gasteiger partial charge in [0.1, 0.15) is 5.75 Å². The number of benzene rings is 1. The van der Waals surface area contributed by atoms with Crippen molar-refractivity contribution in [3.8, 4) is 5.75 Å². The van der Waals surface area contributed by atoms with Crippen molar-refractivity contribution in [1.82, 2.24) is 0 Å². The fraction of sp³-hybridized carbons (Fsp3) is 0.607. The van der Waals surface area contributed by atoms with Gasteiger partial charge in [-0.05, 0) is 95.1 Å². The molecule has 1 aromatic carbocycles. The zero-order chi connectivity index (χ0) is 24.3. The van der Waals surface area contributed by atoms with E-state index in [9.17, 15) is 14.4 Å². The van der Waals surface area contributed by atoms with Crippen molar-refractivity contribution in [3.63, 3.8) is 0 Å². The number of carbonyl (C=O) groups excluding carboxylic acids is 3. The first-order chi connectivity index (χ1) is 16.4. The maximum Gasteiger partial charge on any atom is 0.333 e. The minimum absolute atomic E-state index is 0.00492. The van der Waals surface area contributed by atoms with E-state index in [1.807, 2.05) is 30.3 Å². The molecule has 0 radical (unpaired) electrons. The summed E-state index contributed by atoms with van der Waals surface area (Å²) < 4.78 is 16.0. The first-order valence-corrected chi connectivity index (χ1v) is 12.7. The Kier molecular flexibility index (Phi) is 10.2. The van der Waals surface area contributed by atoms with E-state index in [2.05, 4.69) is 6.58 Å². The molecule has 0 unspecified atom stereocenters. The lowest BCUT2D eigenvalue weighted by atomic mass is 9.69. The van der Waals surface area contributed by atoms with Crippen LogP contribution in [0.4, 0.5) is 0 Å². The van der Waals surface area contributed by atoms with Gasteiger partial charge in [0, 0.05) is 5.57 Å². The van der Waals surface area contributed by atoms with Crippen LogP contribution in [0.15, 0.2) is 42.5 Å². The number of hydrogen-bond donors (Lipinski definition) is 0. The lowest BCUT2D eigenvalue weighted by Crippen LogP contribution is -2.31. The highest BCUT2D eigenvalue weighted by molar-refractivity contribution is 5.86. The second-order valence-electron chi connectivity index (χ2n) is 9.75. The summed E-state index contributed by atoms with van der Waals surface area (Å²) in [5.41, 5.74) is 0.389. The van der Waals surface area contributed by atoms with Gasteiger partial charge in [-0.3, -0.25) is 9.59 Å². The molecule has 2 fully saturated rings. The Hall–Kier alpha value is -2.63. The third kappa shape index (κ3) is 8.00. The van der Waals surface area contributed by atoms with Crippen LogP contribution in [0, 0.1) is 23.7 Å². The van der Waals surface area contributed by atoms with Crippen molar-refractivity contribution in [3.05, 3.63) is 42.5 Å². The lowest BCUT2D eigenvalue weighted by Gasteiger charge is -2.36. The highest BCUT2D eigenvalue weighted by atomic mass is 16.5. The van der Waals surface area contributed by atoms with Crippen LogP contribution in [0.2, 0.25) is 0 Å². The average Bonchev–Trinajstić information content (AvgIpc) is 2.86. The normalized spacial score (nSPS) is 24.6. The predicted molar refractivity (Wildman–Crippen MR) is 129 cm³/mol. The predicted octanol–water partition coefficient (Wildman–Crippen LogP) is 5.65. The quantitative estimate of drug-likeness (QED) is 0.190. The van der Waals surface area contributed by atoms with Gasteiger partial charge in [-0.2, -0.15) is 0 Å². The van der Waals surface area contributed by atoms with Crippen molar-refractivity contribution in [2.24, 2.45) is 23.7 Å². The second-order valence-corrected chi connectivity index (χ2v) is 9.75. The molecule has 0 aliphatic heterocycles. The maximum atomic E-state index is 12.5. The molecule has 0 bridgehead atoms. The van der Waals surface area contributed by atoms with E-state index in [1.165, 1.54) is 0 Å². The number of hydrogen-bond acceptors (Lipinski definition) is 6. The molecule has 0 saturated heterocycles. The minimum Gasteiger partial charge on any atom is -0.465 e. The molecule has 6 nitrogen and oxygen atoms in total. The molecule has 0 N–H and O–H groups in total. The molecule has 0 spiro atoms. The van der Waals surface area contributed by atoms with Crippen LogP contribution in [0.3, 0.4) is 0 Å². The van der Waals surface area contributed by atoms with E-state index < -0.39 is 0 Å². The first kappa shape index (κ1) is 26.0. The third-order valence-electron chi connectivity index (χ3n) is 7.20. The zero-order valence-corrected chi connectivity index (χ0v) is 20.3. The fourth-order valence-electron chi connectivity index (χ4n) is 5.12. The molecule has 0 amide bonds. The van der Waals surface area contributed by atoms with Crippen LogP contribution < -0.4 is 4.74 Å². The third-order valence-corrected chi connectivity index (χ3v) is 7.20. The van der Waals surface area contributed by atoms with Crippen molar-refractivity contribution in [1.29, 1.82) is 0 Å². The Balaban J connectivity index is 1.28. The maximum absolute atomic E-state index is 12.5. The number of para-hydroxylation sites is 1. The van der Waals surface area contributed by atoms with E-state index in [0.29, 0.717) is 49.2 Å². The molecule has 1 aromatic rings. The molecular weight excluding hydrogens is 432 g/mol. The molecule has 2 aliphatic carbocycles. The molecular formula is C28H38O6. The highest BCUT2D eigenvalue weighted by Crippen LogP contribution is 2.42. The molecule has 3 rings (SSSR count). The van der Waals surface area contributed by atoms with Gasteiger partial charge in [-0.25, -0.2) is 4.79 Å². The molecule has 0 atom stereocenters. The van der Waals surface area contributed by atoms with Crippen LogP contribution in [0.5, 0.6) is 5.75 Å². The number of ether oxygens (including phenoxy) is 3. The van der Waals surface area contributed by atoms with Gasteiger partial charge >= 0.3 is 17.9 Å². The van der Waals surface area contributed by atoms with E-state index in [1.54, 1.807) is 6.92 Å². The summed E-state index contributed by atoms with van der Waals surface area (Å²) in [5, 5.41) is 0. The summed E-state index contributed by atoms with van der Waals surface area (Å²) in [6.45, 7) is 5.85. The number of unbranched alkanes of at least 4 members (excludes halogenated alkanes) is 1. The van der Waals surface area contributed by atoms with Crippen molar-refractivity contribution < 1.29 is 28.6 Å². The van der Waals surface area contributed by atoms with E-state index in [0.717, 1.165) is 51.4 Å². The highest BCUT2D eigenvalue weighted by Gasteiger charge is 2.35. The van der Waals surface area contributed by atoms with Crippen LogP contribution >= 0.6 is 0 Å². The summed E-state index contributed by atoms with van der Waals surface area (Å²) in [6, 6.07) is 9.28. The monoisotopic (exact) mass is 470 g/mol. The van der Waals surface area contributed by atoms with Crippen LogP contribution in [-0.2, 0) is 23.9 Å². The number of rotatable bonds is 10. The summed E-state index contributed by atoms with van der Waals surface area (Å²) >= 11 is 0. The van der Waals surface area contributed by atoms with Crippen LogP contribution in [0.1, 0.15) is 71.1 Å². The van der Waals surface area contributed by atoms with Crippen LogP contribution in [0.25, 0.3) is 0 Å². The summed E-state index contributed by atoms with van der Waals surface area (Å²) in [5.74, 6) is 1.30. The van der Waals surface area contributed by atoms with Crippen molar-refractivity contribution in [2.75, 3.05) is 13.2 Å². The van der Waals surface area contributed by atoms with Crippen molar-refractivity contribution in [2.45, 2.75) is 71.1 Å². The molecule has 2 aliphatic rings. The van der Waals surface area contributed by atoms with Gasteiger partial charge in [0.15, 0.2) is 0 Å².